The van der Waals surface area contributed by atoms with E-state index in [1.807, 2.05) is 17.0 Å². The van der Waals surface area contributed by atoms with Gasteiger partial charge >= 0.3 is 0 Å². The largest absolute Gasteiger partial charge is 0.398 e. The molecule has 1 heterocycles. The Balaban J connectivity index is 1.84. The highest BCUT2D eigenvalue weighted by Gasteiger charge is 2.18. The van der Waals surface area contributed by atoms with E-state index < -0.39 is 0 Å². The summed E-state index contributed by atoms with van der Waals surface area (Å²) < 4.78 is 0. The lowest BCUT2D eigenvalue weighted by atomic mass is 10.1. The number of amides is 1. The first-order valence-electron chi connectivity index (χ1n) is 6.56. The lowest BCUT2D eigenvalue weighted by molar-refractivity contribution is -0.132. The number of halogens is 1. The van der Waals surface area contributed by atoms with Gasteiger partial charge < -0.3 is 15.5 Å². The van der Waals surface area contributed by atoms with Crippen LogP contribution in [0.1, 0.15) is 12.0 Å². The number of likely N-dealkylation sites (N-methyl/N-ethyl adjacent to an activating group) is 1. The standard InChI is InChI=1S/C14H20ClN3O/c1-17-6-8-18(9-7-17)14(19)5-3-11-2-4-12(15)13(16)10-11/h2,4,10H,3,5-9,16H2,1H3. The van der Waals surface area contributed by atoms with Gasteiger partial charge in [-0.2, -0.15) is 0 Å². The molecule has 0 aromatic heterocycles. The van der Waals surface area contributed by atoms with Crippen molar-refractivity contribution in [1.29, 1.82) is 0 Å². The van der Waals surface area contributed by atoms with Gasteiger partial charge in [0.15, 0.2) is 0 Å². The van der Waals surface area contributed by atoms with Crippen molar-refractivity contribution in [1.82, 2.24) is 9.80 Å². The molecule has 1 aromatic carbocycles. The van der Waals surface area contributed by atoms with Gasteiger partial charge in [-0.25, -0.2) is 0 Å². The molecule has 4 nitrogen and oxygen atoms in total. The Hall–Kier alpha value is -1.26. The maximum Gasteiger partial charge on any atom is 0.222 e. The fourth-order valence-corrected chi connectivity index (χ4v) is 2.33. The zero-order valence-corrected chi connectivity index (χ0v) is 12.0. The number of rotatable bonds is 3. The van der Waals surface area contributed by atoms with E-state index in [4.69, 9.17) is 17.3 Å². The Bertz CT molecular complexity index is 456. The highest BCUT2D eigenvalue weighted by molar-refractivity contribution is 6.33. The summed E-state index contributed by atoms with van der Waals surface area (Å²) in [6, 6.07) is 5.56. The lowest BCUT2D eigenvalue weighted by Crippen LogP contribution is -2.47. The van der Waals surface area contributed by atoms with Gasteiger partial charge in [-0.1, -0.05) is 17.7 Å². The molecule has 0 aliphatic carbocycles. The highest BCUT2D eigenvalue weighted by Crippen LogP contribution is 2.20. The molecule has 5 heteroatoms. The molecule has 1 aliphatic rings. The number of benzene rings is 1. The average molecular weight is 282 g/mol. The van der Waals surface area contributed by atoms with Crippen molar-refractivity contribution in [3.05, 3.63) is 28.8 Å². The van der Waals surface area contributed by atoms with Crippen molar-refractivity contribution in [3.63, 3.8) is 0 Å². The zero-order valence-electron chi connectivity index (χ0n) is 11.2. The van der Waals surface area contributed by atoms with Gasteiger partial charge in [0.1, 0.15) is 0 Å². The molecule has 0 spiro atoms. The SMILES string of the molecule is CN1CCN(C(=O)CCc2ccc(Cl)c(N)c2)CC1. The number of carbonyl (C=O) groups is 1. The second-order valence-corrected chi connectivity index (χ2v) is 5.45. The van der Waals surface area contributed by atoms with E-state index in [9.17, 15) is 4.79 Å². The molecule has 0 saturated carbocycles. The fourth-order valence-electron chi connectivity index (χ4n) is 2.21. The van der Waals surface area contributed by atoms with Gasteiger partial charge in [-0.3, -0.25) is 4.79 Å². The Kier molecular flexibility index (Phi) is 4.66. The minimum Gasteiger partial charge on any atom is -0.398 e. The first-order chi connectivity index (χ1) is 9.06. The van der Waals surface area contributed by atoms with E-state index in [1.54, 1.807) is 6.07 Å². The van der Waals surface area contributed by atoms with Crippen LogP contribution >= 0.6 is 11.6 Å². The summed E-state index contributed by atoms with van der Waals surface area (Å²) in [5, 5.41) is 0.564. The number of nitrogens with two attached hydrogens (primary N) is 1. The molecule has 19 heavy (non-hydrogen) atoms. The molecule has 2 rings (SSSR count). The van der Waals surface area contributed by atoms with Crippen molar-refractivity contribution < 1.29 is 4.79 Å². The number of nitrogen functional groups attached to an aromatic ring is 1. The van der Waals surface area contributed by atoms with Crippen LogP contribution in [-0.2, 0) is 11.2 Å². The van der Waals surface area contributed by atoms with Crippen LogP contribution in [0, 0.1) is 0 Å². The number of anilines is 1. The lowest BCUT2D eigenvalue weighted by Gasteiger charge is -2.32. The van der Waals surface area contributed by atoms with Crippen molar-refractivity contribution >= 4 is 23.2 Å². The zero-order chi connectivity index (χ0) is 13.8. The number of nitrogens with zero attached hydrogens (tertiary/aromatic N) is 2. The van der Waals surface area contributed by atoms with E-state index in [0.29, 0.717) is 23.6 Å². The van der Waals surface area contributed by atoms with E-state index in [1.165, 1.54) is 0 Å². The van der Waals surface area contributed by atoms with Gasteiger partial charge in [0, 0.05) is 32.6 Å². The summed E-state index contributed by atoms with van der Waals surface area (Å²) in [6.07, 6.45) is 1.25. The third-order valence-electron chi connectivity index (χ3n) is 3.54. The van der Waals surface area contributed by atoms with E-state index in [-0.39, 0.29) is 5.91 Å². The van der Waals surface area contributed by atoms with Gasteiger partial charge in [0.25, 0.3) is 0 Å². The highest BCUT2D eigenvalue weighted by atomic mass is 35.5. The predicted octanol–water partition coefficient (Wildman–Crippen LogP) is 1.63. The van der Waals surface area contributed by atoms with E-state index >= 15 is 0 Å². The molecule has 1 fully saturated rings. The third-order valence-corrected chi connectivity index (χ3v) is 3.89. The predicted molar refractivity (Wildman–Crippen MR) is 78.3 cm³/mol. The van der Waals surface area contributed by atoms with Gasteiger partial charge in [0.05, 0.1) is 10.7 Å². The Morgan fingerprint density at radius 2 is 2.00 bits per heavy atom. The molecule has 1 amide bonds. The van der Waals surface area contributed by atoms with Crippen LogP contribution in [0.2, 0.25) is 5.02 Å². The molecule has 1 saturated heterocycles. The summed E-state index contributed by atoms with van der Waals surface area (Å²) in [5.74, 6) is 0.224. The Morgan fingerprint density at radius 1 is 1.32 bits per heavy atom. The van der Waals surface area contributed by atoms with Crippen LogP contribution in [-0.4, -0.2) is 48.9 Å². The van der Waals surface area contributed by atoms with Crippen molar-refractivity contribution in [2.75, 3.05) is 39.0 Å². The third kappa shape index (κ3) is 3.85. The number of hydrogen-bond donors (Lipinski definition) is 1. The van der Waals surface area contributed by atoms with Crippen LogP contribution < -0.4 is 5.73 Å². The van der Waals surface area contributed by atoms with Crippen LogP contribution in [0.15, 0.2) is 18.2 Å². The second-order valence-electron chi connectivity index (χ2n) is 5.04. The smallest absolute Gasteiger partial charge is 0.222 e. The van der Waals surface area contributed by atoms with Crippen LogP contribution in [0.5, 0.6) is 0 Å². The number of piperazine rings is 1. The van der Waals surface area contributed by atoms with Crippen molar-refractivity contribution in [2.24, 2.45) is 0 Å². The summed E-state index contributed by atoms with van der Waals surface area (Å²) in [6.45, 7) is 3.58. The minimum atomic E-state index is 0.224. The van der Waals surface area contributed by atoms with Crippen LogP contribution in [0.4, 0.5) is 5.69 Å². The Labute approximate surface area is 119 Å². The van der Waals surface area contributed by atoms with Gasteiger partial charge in [-0.15, -0.1) is 0 Å². The molecule has 0 radical (unpaired) electrons. The van der Waals surface area contributed by atoms with Gasteiger partial charge in [0.2, 0.25) is 5.91 Å². The minimum absolute atomic E-state index is 0.224. The van der Waals surface area contributed by atoms with E-state index in [2.05, 4.69) is 11.9 Å². The molecule has 104 valence electrons. The summed E-state index contributed by atoms with van der Waals surface area (Å²) in [7, 11) is 2.08. The topological polar surface area (TPSA) is 49.6 Å². The van der Waals surface area contributed by atoms with Gasteiger partial charge in [-0.05, 0) is 31.2 Å². The molecular formula is C14H20ClN3O. The van der Waals surface area contributed by atoms with E-state index in [0.717, 1.165) is 31.7 Å². The van der Waals surface area contributed by atoms with Crippen LogP contribution in [0.25, 0.3) is 0 Å². The molecule has 0 unspecified atom stereocenters. The summed E-state index contributed by atoms with van der Waals surface area (Å²) in [5.41, 5.74) is 7.39. The average Bonchev–Trinajstić information content (AvgIpc) is 2.40. The Morgan fingerprint density at radius 3 is 2.63 bits per heavy atom. The molecule has 1 aromatic rings. The molecule has 2 N–H and O–H groups in total. The summed E-state index contributed by atoms with van der Waals surface area (Å²) in [4.78, 5) is 16.3. The molecule has 1 aliphatic heterocycles. The monoisotopic (exact) mass is 281 g/mol. The maximum atomic E-state index is 12.1. The van der Waals surface area contributed by atoms with Crippen molar-refractivity contribution in [2.45, 2.75) is 12.8 Å². The fraction of sp³-hybridized carbons (Fsp3) is 0.500. The number of aryl methyl sites for hydroxylation is 1. The molecular weight excluding hydrogens is 262 g/mol. The normalized spacial score (nSPS) is 16.6. The first kappa shape index (κ1) is 14.2. The molecule has 0 bridgehead atoms. The summed E-state index contributed by atoms with van der Waals surface area (Å²) >= 11 is 5.87. The second kappa shape index (κ2) is 6.26. The maximum absolute atomic E-state index is 12.1. The quantitative estimate of drug-likeness (QED) is 0.857. The number of carbonyl (C=O) groups excluding carboxylic acids is 1. The van der Waals surface area contributed by atoms with Crippen LogP contribution in [0.3, 0.4) is 0 Å². The first-order valence-corrected chi connectivity index (χ1v) is 6.94. The number of hydrogen-bond acceptors (Lipinski definition) is 3. The molecule has 0 atom stereocenters. The van der Waals surface area contributed by atoms with Crippen molar-refractivity contribution in [3.8, 4) is 0 Å².